The fraction of sp³-hybridized carbons (Fsp3) is 0.538. The van der Waals surface area contributed by atoms with E-state index in [2.05, 4.69) is 15.9 Å². The minimum atomic E-state index is -2.88. The smallest absolute Gasteiger partial charge is 0.147 e. The maximum absolute atomic E-state index is 11.2. The fourth-order valence-electron chi connectivity index (χ4n) is 1.75. The summed E-state index contributed by atoms with van der Waals surface area (Å²) in [4.78, 5) is 0. The molecule has 0 fully saturated rings. The summed E-state index contributed by atoms with van der Waals surface area (Å²) in [5, 5.41) is 0.805. The lowest BCUT2D eigenvalue weighted by atomic mass is 9.99. The van der Waals surface area contributed by atoms with Crippen LogP contribution in [-0.2, 0) is 16.3 Å². The summed E-state index contributed by atoms with van der Waals surface area (Å²) in [7, 11) is -1.24. The minimum Gasteiger partial charge on any atom is -0.497 e. The number of sulfone groups is 1. The molecule has 1 aromatic carbocycles. The molecule has 0 aliphatic heterocycles. The zero-order valence-electron chi connectivity index (χ0n) is 10.7. The van der Waals surface area contributed by atoms with Gasteiger partial charge in [0.2, 0.25) is 0 Å². The van der Waals surface area contributed by atoms with Crippen LogP contribution >= 0.6 is 15.9 Å². The van der Waals surface area contributed by atoms with Gasteiger partial charge in [0.15, 0.2) is 0 Å². The molecule has 18 heavy (non-hydrogen) atoms. The third-order valence-electron chi connectivity index (χ3n) is 2.77. The fourth-order valence-corrected chi connectivity index (χ4v) is 3.06. The number of hydrogen-bond acceptors (Lipinski definition) is 3. The molecule has 0 amide bonds. The maximum atomic E-state index is 11.2. The summed E-state index contributed by atoms with van der Waals surface area (Å²) in [6, 6.07) is 7.90. The van der Waals surface area contributed by atoms with E-state index in [1.54, 1.807) is 7.11 Å². The van der Waals surface area contributed by atoms with Gasteiger partial charge in [0.05, 0.1) is 12.9 Å². The van der Waals surface area contributed by atoms with Crippen molar-refractivity contribution in [3.63, 3.8) is 0 Å². The van der Waals surface area contributed by atoms with Crippen LogP contribution in [0.5, 0.6) is 5.75 Å². The number of methoxy groups -OCH3 is 1. The van der Waals surface area contributed by atoms with Crippen molar-refractivity contribution in [2.75, 3.05) is 24.4 Å². The first-order valence-electron chi connectivity index (χ1n) is 5.81. The molecule has 0 saturated carbocycles. The molecular weight excluding hydrogens is 316 g/mol. The average molecular weight is 335 g/mol. The average Bonchev–Trinajstić information content (AvgIpc) is 2.33. The van der Waals surface area contributed by atoms with E-state index in [0.29, 0.717) is 12.3 Å². The number of halogens is 1. The van der Waals surface area contributed by atoms with E-state index < -0.39 is 9.84 Å². The molecule has 0 bridgehead atoms. The molecule has 0 radical (unpaired) electrons. The van der Waals surface area contributed by atoms with E-state index in [9.17, 15) is 8.42 Å². The van der Waals surface area contributed by atoms with Crippen molar-refractivity contribution in [2.24, 2.45) is 5.92 Å². The summed E-state index contributed by atoms with van der Waals surface area (Å²) < 4.78 is 27.5. The Labute approximate surface area is 118 Å². The highest BCUT2D eigenvalue weighted by Gasteiger charge is 2.12. The Balaban J connectivity index is 2.61. The van der Waals surface area contributed by atoms with Crippen LogP contribution in [0.2, 0.25) is 0 Å². The number of ether oxygens (including phenoxy) is 1. The van der Waals surface area contributed by atoms with Crippen molar-refractivity contribution in [1.82, 2.24) is 0 Å². The van der Waals surface area contributed by atoms with Gasteiger partial charge in [0.1, 0.15) is 15.6 Å². The summed E-state index contributed by atoms with van der Waals surface area (Å²) in [5.74, 6) is 1.41. The van der Waals surface area contributed by atoms with Gasteiger partial charge in [-0.2, -0.15) is 0 Å². The summed E-state index contributed by atoms with van der Waals surface area (Å²) in [5.41, 5.74) is 1.17. The van der Waals surface area contributed by atoms with E-state index in [4.69, 9.17) is 4.74 Å². The molecule has 0 N–H and O–H groups in total. The van der Waals surface area contributed by atoms with Crippen LogP contribution in [0, 0.1) is 5.92 Å². The monoisotopic (exact) mass is 334 g/mol. The highest BCUT2D eigenvalue weighted by Crippen LogP contribution is 2.19. The zero-order chi connectivity index (χ0) is 13.6. The maximum Gasteiger partial charge on any atom is 0.147 e. The molecule has 0 saturated heterocycles. The second-order valence-corrected chi connectivity index (χ2v) is 7.40. The van der Waals surface area contributed by atoms with E-state index in [-0.39, 0.29) is 5.75 Å². The van der Waals surface area contributed by atoms with Gasteiger partial charge in [-0.25, -0.2) is 8.42 Å². The van der Waals surface area contributed by atoms with E-state index in [1.807, 2.05) is 24.3 Å². The van der Waals surface area contributed by atoms with Crippen molar-refractivity contribution in [3.8, 4) is 5.75 Å². The molecular formula is C13H19BrO3S. The molecule has 0 aromatic heterocycles. The zero-order valence-corrected chi connectivity index (χ0v) is 13.1. The topological polar surface area (TPSA) is 43.4 Å². The van der Waals surface area contributed by atoms with Gasteiger partial charge in [-0.3, -0.25) is 0 Å². The quantitative estimate of drug-likeness (QED) is 0.720. The van der Waals surface area contributed by atoms with Gasteiger partial charge in [-0.1, -0.05) is 28.1 Å². The van der Waals surface area contributed by atoms with Crippen LogP contribution in [0.25, 0.3) is 0 Å². The van der Waals surface area contributed by atoms with Crippen LogP contribution in [-0.4, -0.2) is 32.9 Å². The molecule has 3 nitrogen and oxygen atoms in total. The predicted molar refractivity (Wildman–Crippen MR) is 78.3 cm³/mol. The highest BCUT2D eigenvalue weighted by molar-refractivity contribution is 9.09. The van der Waals surface area contributed by atoms with Crippen molar-refractivity contribution < 1.29 is 13.2 Å². The van der Waals surface area contributed by atoms with Crippen molar-refractivity contribution in [3.05, 3.63) is 29.8 Å². The van der Waals surface area contributed by atoms with Gasteiger partial charge in [-0.15, -0.1) is 0 Å². The Morgan fingerprint density at radius 1 is 1.39 bits per heavy atom. The van der Waals surface area contributed by atoms with Gasteiger partial charge in [-0.05, 0) is 36.5 Å². The molecule has 102 valence electrons. The standard InChI is InChI=1S/C13H19BrO3S/c1-17-13-5-3-4-11(9-13)8-12(10-14)6-7-18(2,15)16/h3-5,9,12H,6-8,10H2,1-2H3. The summed E-state index contributed by atoms with van der Waals surface area (Å²) in [6.07, 6.45) is 2.82. The molecule has 1 atom stereocenters. The second-order valence-electron chi connectivity index (χ2n) is 4.49. The van der Waals surface area contributed by atoms with E-state index in [0.717, 1.165) is 17.5 Å². The van der Waals surface area contributed by atoms with Gasteiger partial charge in [0, 0.05) is 11.6 Å². The largest absolute Gasteiger partial charge is 0.497 e. The molecule has 1 unspecified atom stereocenters. The first kappa shape index (κ1) is 15.5. The first-order chi connectivity index (χ1) is 8.44. The molecule has 0 aliphatic carbocycles. The van der Waals surface area contributed by atoms with Crippen molar-refractivity contribution in [2.45, 2.75) is 12.8 Å². The second kappa shape index (κ2) is 7.14. The SMILES string of the molecule is COc1cccc(CC(CBr)CCS(C)(=O)=O)c1. The van der Waals surface area contributed by atoms with Gasteiger partial charge in [0.25, 0.3) is 0 Å². The molecule has 1 rings (SSSR count). The summed E-state index contributed by atoms with van der Waals surface area (Å²) in [6.45, 7) is 0. The number of benzene rings is 1. The van der Waals surface area contributed by atoms with Crippen LogP contribution in [0.1, 0.15) is 12.0 Å². The lowest BCUT2D eigenvalue weighted by molar-refractivity contribution is 0.413. The molecule has 0 heterocycles. The first-order valence-corrected chi connectivity index (χ1v) is 8.99. The van der Waals surface area contributed by atoms with Crippen molar-refractivity contribution >= 4 is 25.8 Å². The molecule has 0 spiro atoms. The molecule has 1 aromatic rings. The Kier molecular flexibility index (Phi) is 6.15. The third-order valence-corrected chi connectivity index (χ3v) is 4.67. The van der Waals surface area contributed by atoms with E-state index in [1.165, 1.54) is 11.8 Å². The Bertz CT molecular complexity index is 471. The predicted octanol–water partition coefficient (Wildman–Crippen LogP) is 2.68. The Hall–Kier alpha value is -0.550. The minimum absolute atomic E-state index is 0.243. The molecule has 0 aliphatic rings. The highest BCUT2D eigenvalue weighted by atomic mass is 79.9. The Morgan fingerprint density at radius 2 is 2.11 bits per heavy atom. The third kappa shape index (κ3) is 5.87. The van der Waals surface area contributed by atoms with Gasteiger partial charge >= 0.3 is 0 Å². The van der Waals surface area contributed by atoms with Gasteiger partial charge < -0.3 is 4.74 Å². The van der Waals surface area contributed by atoms with Crippen LogP contribution in [0.3, 0.4) is 0 Å². The van der Waals surface area contributed by atoms with E-state index >= 15 is 0 Å². The lowest BCUT2D eigenvalue weighted by Gasteiger charge is -2.14. The van der Waals surface area contributed by atoms with Crippen LogP contribution in [0.15, 0.2) is 24.3 Å². The van der Waals surface area contributed by atoms with Crippen LogP contribution in [0.4, 0.5) is 0 Å². The number of alkyl halides is 1. The number of rotatable bonds is 7. The molecule has 5 heteroatoms. The normalized spacial score (nSPS) is 13.3. The lowest BCUT2D eigenvalue weighted by Crippen LogP contribution is -2.13. The Morgan fingerprint density at radius 3 is 2.67 bits per heavy atom. The van der Waals surface area contributed by atoms with Crippen LogP contribution < -0.4 is 4.74 Å². The number of hydrogen-bond donors (Lipinski definition) is 0. The summed E-state index contributed by atoms with van der Waals surface area (Å²) >= 11 is 3.45. The van der Waals surface area contributed by atoms with Crippen molar-refractivity contribution in [1.29, 1.82) is 0 Å².